The van der Waals surface area contributed by atoms with Gasteiger partial charge in [0.1, 0.15) is 0 Å². The molecule has 2 amide bonds. The summed E-state index contributed by atoms with van der Waals surface area (Å²) in [6, 6.07) is 7.18. The van der Waals surface area contributed by atoms with E-state index in [1.54, 1.807) is 18.2 Å². The summed E-state index contributed by atoms with van der Waals surface area (Å²) < 4.78 is 0. The minimum atomic E-state index is -0.171. The highest BCUT2D eigenvalue weighted by Gasteiger charge is 2.18. The number of nitrogens with zero attached hydrogens (tertiary/aromatic N) is 1. The van der Waals surface area contributed by atoms with E-state index in [9.17, 15) is 9.59 Å². The molecule has 1 heterocycles. The average Bonchev–Trinajstić information content (AvgIpc) is 2.73. The first-order chi connectivity index (χ1) is 8.70. The number of anilines is 1. The van der Waals surface area contributed by atoms with Gasteiger partial charge in [-0.05, 0) is 30.2 Å². The fourth-order valence-corrected chi connectivity index (χ4v) is 1.84. The summed E-state index contributed by atoms with van der Waals surface area (Å²) in [6.07, 6.45) is 1.40. The van der Waals surface area contributed by atoms with Crippen molar-refractivity contribution in [3.63, 3.8) is 0 Å². The number of amides is 2. The van der Waals surface area contributed by atoms with Gasteiger partial charge in [-0.25, -0.2) is 0 Å². The molecule has 1 aromatic rings. The summed E-state index contributed by atoms with van der Waals surface area (Å²) in [5.41, 5.74) is 2.17. The number of nitrogens with one attached hydrogen (secondary N) is 2. The summed E-state index contributed by atoms with van der Waals surface area (Å²) in [5, 5.41) is 13.8. The Morgan fingerprint density at radius 1 is 1.50 bits per heavy atom. The van der Waals surface area contributed by atoms with Gasteiger partial charge in [-0.1, -0.05) is 0 Å². The fourth-order valence-electron chi connectivity index (χ4n) is 1.84. The molecular formula is C13H13N3O2. The van der Waals surface area contributed by atoms with Crippen LogP contribution in [0.2, 0.25) is 0 Å². The van der Waals surface area contributed by atoms with Crippen LogP contribution in [-0.4, -0.2) is 18.4 Å². The molecule has 0 atom stereocenters. The summed E-state index contributed by atoms with van der Waals surface area (Å²) >= 11 is 0. The number of fused-ring (bicyclic) bond motifs is 1. The zero-order valence-electron chi connectivity index (χ0n) is 9.82. The number of rotatable bonds is 4. The molecule has 1 aliphatic heterocycles. The van der Waals surface area contributed by atoms with Crippen molar-refractivity contribution in [3.05, 3.63) is 29.3 Å². The molecule has 2 N–H and O–H groups in total. The van der Waals surface area contributed by atoms with Crippen molar-refractivity contribution in [2.75, 3.05) is 11.9 Å². The van der Waals surface area contributed by atoms with E-state index in [1.807, 2.05) is 6.07 Å². The molecule has 18 heavy (non-hydrogen) atoms. The van der Waals surface area contributed by atoms with Gasteiger partial charge in [-0.15, -0.1) is 0 Å². The Morgan fingerprint density at radius 2 is 2.33 bits per heavy atom. The predicted molar refractivity (Wildman–Crippen MR) is 66.0 cm³/mol. The van der Waals surface area contributed by atoms with Crippen molar-refractivity contribution < 1.29 is 9.59 Å². The maximum Gasteiger partial charge on any atom is 0.251 e. The minimum Gasteiger partial charge on any atom is -0.352 e. The molecule has 1 aliphatic rings. The van der Waals surface area contributed by atoms with Crippen LogP contribution < -0.4 is 10.6 Å². The fraction of sp³-hybridized carbons (Fsp3) is 0.308. The monoisotopic (exact) mass is 243 g/mol. The van der Waals surface area contributed by atoms with Gasteiger partial charge < -0.3 is 10.6 Å². The van der Waals surface area contributed by atoms with Crippen LogP contribution in [0.5, 0.6) is 0 Å². The number of carbonyl (C=O) groups is 2. The highest BCUT2D eigenvalue weighted by molar-refractivity contribution is 6.01. The molecule has 2 rings (SSSR count). The molecule has 92 valence electrons. The zero-order chi connectivity index (χ0) is 13.0. The molecule has 0 saturated heterocycles. The lowest BCUT2D eigenvalue weighted by Crippen LogP contribution is -2.24. The van der Waals surface area contributed by atoms with Crippen LogP contribution in [0.15, 0.2) is 18.2 Å². The molecule has 0 bridgehead atoms. The number of carbonyl (C=O) groups excluding carboxylic acids is 2. The van der Waals surface area contributed by atoms with Crippen LogP contribution in [0.3, 0.4) is 0 Å². The third-order valence-electron chi connectivity index (χ3n) is 2.74. The van der Waals surface area contributed by atoms with Crippen molar-refractivity contribution in [2.45, 2.75) is 19.3 Å². The van der Waals surface area contributed by atoms with E-state index < -0.39 is 0 Å². The van der Waals surface area contributed by atoms with Gasteiger partial charge >= 0.3 is 0 Å². The lowest BCUT2D eigenvalue weighted by atomic mass is 10.1. The Labute approximate surface area is 105 Å². The van der Waals surface area contributed by atoms with E-state index in [-0.39, 0.29) is 11.8 Å². The summed E-state index contributed by atoms with van der Waals surface area (Å²) in [4.78, 5) is 23.0. The summed E-state index contributed by atoms with van der Waals surface area (Å²) in [7, 11) is 0. The number of hydrogen-bond donors (Lipinski definition) is 2. The quantitative estimate of drug-likeness (QED) is 0.780. The molecule has 0 fully saturated rings. The van der Waals surface area contributed by atoms with Gasteiger partial charge in [0.05, 0.1) is 12.5 Å². The molecule has 5 heteroatoms. The topological polar surface area (TPSA) is 82.0 Å². The zero-order valence-corrected chi connectivity index (χ0v) is 9.82. The van der Waals surface area contributed by atoms with E-state index in [0.29, 0.717) is 31.4 Å². The number of benzene rings is 1. The highest BCUT2D eigenvalue weighted by Crippen LogP contribution is 2.23. The maximum absolute atomic E-state index is 11.8. The largest absolute Gasteiger partial charge is 0.352 e. The molecule has 0 saturated carbocycles. The highest BCUT2D eigenvalue weighted by atomic mass is 16.2. The third kappa shape index (κ3) is 2.66. The lowest BCUT2D eigenvalue weighted by molar-refractivity contribution is -0.115. The van der Waals surface area contributed by atoms with Crippen LogP contribution >= 0.6 is 0 Å². The van der Waals surface area contributed by atoms with Crippen molar-refractivity contribution in [1.29, 1.82) is 5.26 Å². The van der Waals surface area contributed by atoms with Crippen LogP contribution in [0.1, 0.15) is 28.8 Å². The van der Waals surface area contributed by atoms with Crippen LogP contribution in [0, 0.1) is 11.3 Å². The second-order valence-electron chi connectivity index (χ2n) is 4.11. The van der Waals surface area contributed by atoms with E-state index in [2.05, 4.69) is 10.6 Å². The molecule has 5 nitrogen and oxygen atoms in total. The number of hydrogen-bond acceptors (Lipinski definition) is 3. The van der Waals surface area contributed by atoms with Gasteiger partial charge in [-0.3, -0.25) is 9.59 Å². The normalized spacial score (nSPS) is 12.5. The average molecular weight is 243 g/mol. The number of unbranched alkanes of at least 4 members (excludes halogenated alkanes) is 1. The summed E-state index contributed by atoms with van der Waals surface area (Å²) in [6.45, 7) is 0.487. The van der Waals surface area contributed by atoms with E-state index in [1.165, 1.54) is 0 Å². The SMILES string of the molecule is N#CCCCNC(=O)c1ccc2c(c1)CC(=O)N2. The van der Waals surface area contributed by atoms with Gasteiger partial charge in [0.25, 0.3) is 5.91 Å². The molecule has 0 radical (unpaired) electrons. The predicted octanol–water partition coefficient (Wildman–Crippen LogP) is 1.21. The minimum absolute atomic E-state index is 0.0448. The second-order valence-corrected chi connectivity index (χ2v) is 4.11. The van der Waals surface area contributed by atoms with Gasteiger partial charge in [-0.2, -0.15) is 5.26 Å². The Balaban J connectivity index is 1.98. The Bertz CT molecular complexity index is 532. The maximum atomic E-state index is 11.8. The Kier molecular flexibility index (Phi) is 3.58. The number of nitriles is 1. The Hall–Kier alpha value is -2.35. The molecule has 0 spiro atoms. The van der Waals surface area contributed by atoms with Crippen molar-refractivity contribution >= 4 is 17.5 Å². The molecule has 0 aromatic heterocycles. The van der Waals surface area contributed by atoms with Gasteiger partial charge in [0, 0.05) is 24.2 Å². The van der Waals surface area contributed by atoms with E-state index >= 15 is 0 Å². The van der Waals surface area contributed by atoms with Gasteiger partial charge in [0.2, 0.25) is 5.91 Å². The second kappa shape index (κ2) is 5.32. The van der Waals surface area contributed by atoms with E-state index in [4.69, 9.17) is 5.26 Å². The third-order valence-corrected chi connectivity index (χ3v) is 2.74. The standard InChI is InChI=1S/C13H13N3O2/c14-5-1-2-6-15-13(18)9-3-4-11-10(7-9)8-12(17)16-11/h3-4,7H,1-2,6,8H2,(H,15,18)(H,16,17). The van der Waals surface area contributed by atoms with Crippen LogP contribution in [0.25, 0.3) is 0 Å². The molecule has 0 aliphatic carbocycles. The lowest BCUT2D eigenvalue weighted by Gasteiger charge is -2.05. The smallest absolute Gasteiger partial charge is 0.251 e. The van der Waals surface area contributed by atoms with Gasteiger partial charge in [0.15, 0.2) is 0 Å². The first-order valence-electron chi connectivity index (χ1n) is 5.78. The van der Waals surface area contributed by atoms with Crippen molar-refractivity contribution in [3.8, 4) is 6.07 Å². The van der Waals surface area contributed by atoms with Crippen molar-refractivity contribution in [2.24, 2.45) is 0 Å². The van der Waals surface area contributed by atoms with Crippen LogP contribution in [-0.2, 0) is 11.2 Å². The molecule has 0 unspecified atom stereocenters. The summed E-state index contributed by atoms with van der Waals surface area (Å²) in [5.74, 6) is -0.216. The first-order valence-corrected chi connectivity index (χ1v) is 5.78. The van der Waals surface area contributed by atoms with E-state index in [0.717, 1.165) is 11.3 Å². The molecular weight excluding hydrogens is 230 g/mol. The Morgan fingerprint density at radius 3 is 3.11 bits per heavy atom. The first kappa shape index (κ1) is 12.1. The molecule has 1 aromatic carbocycles. The van der Waals surface area contributed by atoms with Crippen LogP contribution in [0.4, 0.5) is 5.69 Å². The van der Waals surface area contributed by atoms with Crippen molar-refractivity contribution in [1.82, 2.24) is 5.32 Å².